The monoisotopic (exact) mass is 352 g/mol. The summed E-state index contributed by atoms with van der Waals surface area (Å²) in [6, 6.07) is 2.68. The fourth-order valence-corrected chi connectivity index (χ4v) is 5.35. The average molecular weight is 353 g/mol. The molecule has 0 saturated carbocycles. The highest BCUT2D eigenvalue weighted by Crippen LogP contribution is 2.50. The topological polar surface area (TPSA) is 52.0 Å². The molecule has 2 aliphatic rings. The molecule has 0 amide bonds. The van der Waals surface area contributed by atoms with Crippen LogP contribution in [0.2, 0.25) is 4.34 Å². The van der Waals surface area contributed by atoms with Crippen molar-refractivity contribution in [3.05, 3.63) is 32.7 Å². The Morgan fingerprint density at radius 1 is 1.52 bits per heavy atom. The lowest BCUT2D eigenvalue weighted by Gasteiger charge is -2.46. The first kappa shape index (κ1) is 15.6. The second-order valence-corrected chi connectivity index (χ2v) is 8.23. The summed E-state index contributed by atoms with van der Waals surface area (Å²) in [5, 5.41) is 12.1. The molecule has 5 nitrogen and oxygen atoms in total. The van der Waals surface area contributed by atoms with E-state index in [2.05, 4.69) is 28.6 Å². The van der Waals surface area contributed by atoms with Crippen molar-refractivity contribution in [1.82, 2.24) is 20.3 Å². The van der Waals surface area contributed by atoms with Gasteiger partial charge >= 0.3 is 0 Å². The molecule has 0 aromatic carbocycles. The van der Waals surface area contributed by atoms with E-state index in [-0.39, 0.29) is 11.6 Å². The molecule has 4 heterocycles. The van der Waals surface area contributed by atoms with Crippen LogP contribution < -0.4 is 5.32 Å². The third-order valence-electron chi connectivity index (χ3n) is 4.96. The number of nitrogens with one attached hydrogen (secondary N) is 1. The maximum Gasteiger partial charge on any atom is 0.106 e. The molecule has 124 valence electrons. The fourth-order valence-electron chi connectivity index (χ4n) is 3.88. The van der Waals surface area contributed by atoms with E-state index < -0.39 is 0 Å². The first-order valence-electron chi connectivity index (χ1n) is 8.14. The molecule has 3 atom stereocenters. The molecule has 7 heteroatoms. The Labute approximate surface area is 145 Å². The Hall–Kier alpha value is -0.950. The molecule has 1 spiro atoms. The Balaban J connectivity index is 1.73. The van der Waals surface area contributed by atoms with Crippen LogP contribution in [-0.4, -0.2) is 27.6 Å². The predicted molar refractivity (Wildman–Crippen MR) is 90.9 cm³/mol. The van der Waals surface area contributed by atoms with Gasteiger partial charge in [-0.25, -0.2) is 0 Å². The Bertz CT molecular complexity index is 715. The summed E-state index contributed by atoms with van der Waals surface area (Å²) in [4.78, 5) is 1.32. The van der Waals surface area contributed by atoms with Crippen molar-refractivity contribution in [1.29, 1.82) is 0 Å². The van der Waals surface area contributed by atoms with Gasteiger partial charge in [0.1, 0.15) is 5.60 Å². The number of ether oxygens (including phenoxy) is 1. The third kappa shape index (κ3) is 2.71. The van der Waals surface area contributed by atoms with Crippen molar-refractivity contribution in [2.24, 2.45) is 7.05 Å². The predicted octanol–water partition coefficient (Wildman–Crippen LogP) is 3.20. The number of piperidine rings is 1. The Kier molecular flexibility index (Phi) is 3.96. The zero-order chi connectivity index (χ0) is 16.0. The number of hydrogen-bond donors (Lipinski definition) is 1. The molecule has 2 aromatic heterocycles. The van der Waals surface area contributed by atoms with Crippen molar-refractivity contribution >= 4 is 22.9 Å². The molecule has 1 saturated heterocycles. The standard InChI is InChI=1S/C16H21ClN4OS/c1-3-11-7-16(8-12(18-11)13-9-21(2)20-19-13)15-10(4-5-22-16)6-14(17)23-15/h6,9,11-12,18H,3-5,7-8H2,1-2H3. The Morgan fingerprint density at radius 3 is 3.13 bits per heavy atom. The summed E-state index contributed by atoms with van der Waals surface area (Å²) in [7, 11) is 1.90. The highest BCUT2D eigenvalue weighted by molar-refractivity contribution is 7.16. The minimum atomic E-state index is -0.237. The molecule has 0 radical (unpaired) electrons. The number of fused-ring (bicyclic) bond motifs is 2. The van der Waals surface area contributed by atoms with E-state index in [1.54, 1.807) is 16.0 Å². The lowest BCUT2D eigenvalue weighted by Crippen LogP contribution is -2.50. The number of rotatable bonds is 2. The van der Waals surface area contributed by atoms with Crippen LogP contribution >= 0.6 is 22.9 Å². The van der Waals surface area contributed by atoms with Crippen LogP contribution in [0.5, 0.6) is 0 Å². The lowest BCUT2D eigenvalue weighted by molar-refractivity contribution is -0.0976. The van der Waals surface area contributed by atoms with Gasteiger partial charge in [-0.1, -0.05) is 23.7 Å². The van der Waals surface area contributed by atoms with Crippen LogP contribution in [-0.2, 0) is 23.8 Å². The molecule has 0 bridgehead atoms. The molecule has 3 unspecified atom stereocenters. The van der Waals surface area contributed by atoms with Gasteiger partial charge in [0.25, 0.3) is 0 Å². The highest BCUT2D eigenvalue weighted by Gasteiger charge is 2.47. The van der Waals surface area contributed by atoms with Gasteiger partial charge in [-0.2, -0.15) is 0 Å². The van der Waals surface area contributed by atoms with Gasteiger partial charge in [0, 0.05) is 30.6 Å². The summed E-state index contributed by atoms with van der Waals surface area (Å²) in [5.41, 5.74) is 2.11. The van der Waals surface area contributed by atoms with Gasteiger partial charge in [0.15, 0.2) is 0 Å². The molecular formula is C16H21ClN4OS. The van der Waals surface area contributed by atoms with Crippen LogP contribution in [0.25, 0.3) is 0 Å². The SMILES string of the molecule is CCC1CC2(CC(c3cn(C)nn3)N1)OCCc1cc(Cl)sc12. The third-order valence-corrected chi connectivity index (χ3v) is 6.45. The van der Waals surface area contributed by atoms with E-state index in [9.17, 15) is 0 Å². The summed E-state index contributed by atoms with van der Waals surface area (Å²) < 4.78 is 9.02. The van der Waals surface area contributed by atoms with E-state index in [4.69, 9.17) is 16.3 Å². The van der Waals surface area contributed by atoms with Crippen molar-refractivity contribution in [2.75, 3.05) is 6.61 Å². The maximum absolute atomic E-state index is 6.39. The van der Waals surface area contributed by atoms with Crippen LogP contribution in [0, 0.1) is 0 Å². The number of hydrogen-bond acceptors (Lipinski definition) is 5. The van der Waals surface area contributed by atoms with Crippen LogP contribution in [0.3, 0.4) is 0 Å². The second kappa shape index (κ2) is 5.84. The molecule has 0 aliphatic carbocycles. The second-order valence-electron chi connectivity index (χ2n) is 6.55. The van der Waals surface area contributed by atoms with Gasteiger partial charge in [0.2, 0.25) is 0 Å². The molecular weight excluding hydrogens is 332 g/mol. The minimum absolute atomic E-state index is 0.161. The quantitative estimate of drug-likeness (QED) is 0.901. The summed E-state index contributed by atoms with van der Waals surface area (Å²) in [5.74, 6) is 0. The van der Waals surface area contributed by atoms with E-state index in [1.807, 2.05) is 13.2 Å². The van der Waals surface area contributed by atoms with Crippen molar-refractivity contribution in [3.63, 3.8) is 0 Å². The Morgan fingerprint density at radius 2 is 2.39 bits per heavy atom. The first-order chi connectivity index (χ1) is 11.1. The summed E-state index contributed by atoms with van der Waals surface area (Å²) in [6.07, 6.45) is 5.89. The lowest BCUT2D eigenvalue weighted by atomic mass is 9.78. The van der Waals surface area contributed by atoms with Gasteiger partial charge in [0.05, 0.1) is 22.7 Å². The minimum Gasteiger partial charge on any atom is -0.369 e. The molecule has 1 N–H and O–H groups in total. The van der Waals surface area contributed by atoms with Gasteiger partial charge in [-0.05, 0) is 30.9 Å². The zero-order valence-corrected chi connectivity index (χ0v) is 15.0. The smallest absolute Gasteiger partial charge is 0.106 e. The van der Waals surface area contributed by atoms with E-state index in [0.29, 0.717) is 6.04 Å². The van der Waals surface area contributed by atoms with Crippen LogP contribution in [0.4, 0.5) is 0 Å². The van der Waals surface area contributed by atoms with Crippen molar-refractivity contribution in [3.8, 4) is 0 Å². The molecule has 2 aromatic rings. The normalized spacial score (nSPS) is 30.6. The number of aryl methyl sites for hydroxylation is 1. The fraction of sp³-hybridized carbons (Fsp3) is 0.625. The van der Waals surface area contributed by atoms with Crippen molar-refractivity contribution < 1.29 is 4.74 Å². The first-order valence-corrected chi connectivity index (χ1v) is 9.34. The number of nitrogens with zero attached hydrogens (tertiary/aromatic N) is 3. The van der Waals surface area contributed by atoms with E-state index in [0.717, 1.165) is 42.3 Å². The molecule has 2 aliphatic heterocycles. The van der Waals surface area contributed by atoms with Crippen molar-refractivity contribution in [2.45, 2.75) is 50.3 Å². The molecule has 1 fully saturated rings. The molecule has 4 rings (SSSR count). The van der Waals surface area contributed by atoms with Crippen LogP contribution in [0.1, 0.15) is 48.4 Å². The summed E-state index contributed by atoms with van der Waals surface area (Å²) >= 11 is 7.98. The number of aromatic nitrogens is 3. The highest BCUT2D eigenvalue weighted by atomic mass is 35.5. The van der Waals surface area contributed by atoms with Gasteiger partial charge in [-0.3, -0.25) is 4.68 Å². The largest absolute Gasteiger partial charge is 0.369 e. The van der Waals surface area contributed by atoms with Gasteiger partial charge in [-0.15, -0.1) is 16.4 Å². The van der Waals surface area contributed by atoms with E-state index in [1.165, 1.54) is 10.4 Å². The number of halogens is 1. The maximum atomic E-state index is 6.39. The van der Waals surface area contributed by atoms with E-state index >= 15 is 0 Å². The average Bonchev–Trinajstić information content (AvgIpc) is 3.13. The summed E-state index contributed by atoms with van der Waals surface area (Å²) in [6.45, 7) is 2.99. The number of thiophene rings is 1. The molecule has 23 heavy (non-hydrogen) atoms. The van der Waals surface area contributed by atoms with Crippen LogP contribution in [0.15, 0.2) is 12.3 Å². The zero-order valence-electron chi connectivity index (χ0n) is 13.4. The van der Waals surface area contributed by atoms with Gasteiger partial charge < -0.3 is 10.1 Å².